The fourth-order valence-corrected chi connectivity index (χ4v) is 2.18. The number of imidazole rings is 1. The summed E-state index contributed by atoms with van der Waals surface area (Å²) in [4.78, 5) is 15.8. The molecule has 5 heteroatoms. The van der Waals surface area contributed by atoms with Crippen molar-refractivity contribution >= 4 is 11.6 Å². The molecule has 0 N–H and O–H groups in total. The highest BCUT2D eigenvalue weighted by Gasteiger charge is 2.09. The number of rotatable bonds is 4. The molecule has 0 amide bonds. The van der Waals surface area contributed by atoms with Gasteiger partial charge in [0.2, 0.25) is 0 Å². The maximum Gasteiger partial charge on any atom is 0.338 e. The van der Waals surface area contributed by atoms with Gasteiger partial charge in [0.25, 0.3) is 0 Å². The first-order chi connectivity index (χ1) is 10.7. The molecule has 112 valence electrons. The van der Waals surface area contributed by atoms with Crippen molar-refractivity contribution in [2.45, 2.75) is 13.5 Å². The minimum atomic E-state index is -0.372. The molecular formula is C17H16N2O3. The van der Waals surface area contributed by atoms with Crippen molar-refractivity contribution < 1.29 is 14.3 Å². The van der Waals surface area contributed by atoms with Crippen LogP contribution in [0, 0.1) is 6.92 Å². The van der Waals surface area contributed by atoms with Crippen molar-refractivity contribution in [2.24, 2.45) is 0 Å². The fraction of sp³-hybridized carbons (Fsp3) is 0.176. The van der Waals surface area contributed by atoms with E-state index in [2.05, 4.69) is 4.98 Å². The Hall–Kier alpha value is -2.82. The number of nitrogens with zero attached hydrogens (tertiary/aromatic N) is 2. The second kappa shape index (κ2) is 5.89. The largest absolute Gasteiger partial charge is 0.487 e. The van der Waals surface area contributed by atoms with E-state index in [-0.39, 0.29) is 5.97 Å². The average Bonchev–Trinajstić information content (AvgIpc) is 2.96. The van der Waals surface area contributed by atoms with Gasteiger partial charge in [-0.15, -0.1) is 0 Å². The molecule has 3 aromatic rings. The van der Waals surface area contributed by atoms with Crippen LogP contribution in [-0.4, -0.2) is 22.5 Å². The summed E-state index contributed by atoms with van der Waals surface area (Å²) < 4.78 is 12.4. The summed E-state index contributed by atoms with van der Waals surface area (Å²) in [7, 11) is 1.36. The van der Waals surface area contributed by atoms with Crippen LogP contribution in [0.1, 0.15) is 21.6 Å². The Labute approximate surface area is 128 Å². The van der Waals surface area contributed by atoms with Crippen LogP contribution in [0.4, 0.5) is 0 Å². The Morgan fingerprint density at radius 3 is 2.73 bits per heavy atom. The lowest BCUT2D eigenvalue weighted by Crippen LogP contribution is -2.03. The van der Waals surface area contributed by atoms with Crippen LogP contribution in [0.3, 0.4) is 0 Å². The van der Waals surface area contributed by atoms with Crippen LogP contribution in [0.5, 0.6) is 5.75 Å². The standard InChI is InChI=1S/C17H16N2O3/c1-12-3-5-15(6-4-12)22-11-14-10-18-16-9-13(17(20)21-2)7-8-19(14)16/h3-10H,11H2,1-2H3. The highest BCUT2D eigenvalue weighted by Crippen LogP contribution is 2.15. The molecule has 0 spiro atoms. The molecule has 0 saturated carbocycles. The number of esters is 1. The summed E-state index contributed by atoms with van der Waals surface area (Å²) in [5.74, 6) is 0.440. The van der Waals surface area contributed by atoms with E-state index in [1.54, 1.807) is 24.5 Å². The molecule has 0 fully saturated rings. The van der Waals surface area contributed by atoms with Crippen LogP contribution in [-0.2, 0) is 11.3 Å². The van der Waals surface area contributed by atoms with Gasteiger partial charge in [-0.1, -0.05) is 17.7 Å². The molecule has 3 rings (SSSR count). The number of methoxy groups -OCH3 is 1. The maximum atomic E-state index is 11.5. The summed E-state index contributed by atoms with van der Waals surface area (Å²) in [6.45, 7) is 2.44. The first kappa shape index (κ1) is 14.1. The molecule has 0 aliphatic carbocycles. The van der Waals surface area contributed by atoms with Crippen LogP contribution < -0.4 is 4.74 Å². The highest BCUT2D eigenvalue weighted by molar-refractivity contribution is 5.90. The SMILES string of the molecule is COC(=O)c1ccn2c(COc3ccc(C)cc3)cnc2c1. The molecule has 0 unspecified atom stereocenters. The topological polar surface area (TPSA) is 52.8 Å². The van der Waals surface area contributed by atoms with Crippen molar-refractivity contribution in [1.82, 2.24) is 9.38 Å². The lowest BCUT2D eigenvalue weighted by molar-refractivity contribution is 0.0600. The lowest BCUT2D eigenvalue weighted by Gasteiger charge is -2.07. The Bertz CT molecular complexity index is 806. The summed E-state index contributed by atoms with van der Waals surface area (Å²) in [5.41, 5.74) is 3.27. The maximum absolute atomic E-state index is 11.5. The second-order valence-corrected chi connectivity index (χ2v) is 4.99. The van der Waals surface area contributed by atoms with E-state index < -0.39 is 0 Å². The number of fused-ring (bicyclic) bond motifs is 1. The van der Waals surface area contributed by atoms with Gasteiger partial charge in [-0.25, -0.2) is 9.78 Å². The Balaban J connectivity index is 1.79. The van der Waals surface area contributed by atoms with E-state index in [0.717, 1.165) is 11.4 Å². The number of carbonyl (C=O) groups is 1. The van der Waals surface area contributed by atoms with Crippen molar-refractivity contribution in [2.75, 3.05) is 7.11 Å². The van der Waals surface area contributed by atoms with Gasteiger partial charge in [-0.3, -0.25) is 0 Å². The third-order valence-corrected chi connectivity index (χ3v) is 3.42. The predicted octanol–water partition coefficient (Wildman–Crippen LogP) is 3.01. The number of pyridine rings is 1. The quantitative estimate of drug-likeness (QED) is 0.694. The predicted molar refractivity (Wildman–Crippen MR) is 82.0 cm³/mol. The van der Waals surface area contributed by atoms with E-state index >= 15 is 0 Å². The third-order valence-electron chi connectivity index (χ3n) is 3.42. The zero-order valence-electron chi connectivity index (χ0n) is 12.4. The van der Waals surface area contributed by atoms with Crippen molar-refractivity contribution in [1.29, 1.82) is 0 Å². The summed E-state index contributed by atoms with van der Waals surface area (Å²) in [5, 5.41) is 0. The average molecular weight is 296 g/mol. The molecule has 1 aromatic carbocycles. The molecule has 0 bridgehead atoms. The van der Waals surface area contributed by atoms with Gasteiger partial charge >= 0.3 is 5.97 Å². The van der Waals surface area contributed by atoms with Crippen LogP contribution >= 0.6 is 0 Å². The van der Waals surface area contributed by atoms with Gasteiger partial charge in [-0.2, -0.15) is 0 Å². The molecule has 22 heavy (non-hydrogen) atoms. The van der Waals surface area contributed by atoms with Crippen LogP contribution in [0.25, 0.3) is 5.65 Å². The number of hydrogen-bond donors (Lipinski definition) is 0. The molecule has 0 radical (unpaired) electrons. The summed E-state index contributed by atoms with van der Waals surface area (Å²) in [6, 6.07) is 11.3. The van der Waals surface area contributed by atoms with E-state index in [9.17, 15) is 4.79 Å². The van der Waals surface area contributed by atoms with E-state index in [1.807, 2.05) is 35.6 Å². The first-order valence-electron chi connectivity index (χ1n) is 6.91. The minimum Gasteiger partial charge on any atom is -0.487 e. The Morgan fingerprint density at radius 1 is 1.23 bits per heavy atom. The summed E-state index contributed by atoms with van der Waals surface area (Å²) in [6.07, 6.45) is 3.53. The Morgan fingerprint density at radius 2 is 2.00 bits per heavy atom. The smallest absolute Gasteiger partial charge is 0.338 e. The number of hydrogen-bond acceptors (Lipinski definition) is 4. The monoisotopic (exact) mass is 296 g/mol. The van der Waals surface area contributed by atoms with E-state index in [1.165, 1.54) is 12.7 Å². The Kier molecular flexibility index (Phi) is 3.78. The van der Waals surface area contributed by atoms with Gasteiger partial charge < -0.3 is 13.9 Å². The fourth-order valence-electron chi connectivity index (χ4n) is 2.18. The van der Waals surface area contributed by atoms with Crippen molar-refractivity contribution in [3.63, 3.8) is 0 Å². The molecule has 2 heterocycles. The highest BCUT2D eigenvalue weighted by atomic mass is 16.5. The van der Waals surface area contributed by atoms with Crippen LogP contribution in [0.15, 0.2) is 48.8 Å². The molecule has 5 nitrogen and oxygen atoms in total. The number of ether oxygens (including phenoxy) is 2. The molecular weight excluding hydrogens is 280 g/mol. The number of aryl methyl sites for hydroxylation is 1. The van der Waals surface area contributed by atoms with Gasteiger partial charge in [0, 0.05) is 6.20 Å². The zero-order chi connectivity index (χ0) is 15.5. The van der Waals surface area contributed by atoms with E-state index in [4.69, 9.17) is 9.47 Å². The number of aromatic nitrogens is 2. The molecule has 2 aromatic heterocycles. The van der Waals surface area contributed by atoms with Gasteiger partial charge in [-0.05, 0) is 31.2 Å². The van der Waals surface area contributed by atoms with Crippen LogP contribution in [0.2, 0.25) is 0 Å². The van der Waals surface area contributed by atoms with Gasteiger partial charge in [0.05, 0.1) is 24.6 Å². The van der Waals surface area contributed by atoms with Crippen molar-refractivity contribution in [3.8, 4) is 5.75 Å². The number of benzene rings is 1. The molecule has 0 saturated heterocycles. The number of carbonyl (C=O) groups excluding carboxylic acids is 1. The van der Waals surface area contributed by atoms with Gasteiger partial charge in [0.1, 0.15) is 18.0 Å². The second-order valence-electron chi connectivity index (χ2n) is 4.99. The normalized spacial score (nSPS) is 10.6. The molecule has 0 aliphatic heterocycles. The zero-order valence-corrected chi connectivity index (χ0v) is 12.4. The molecule has 0 aliphatic rings. The lowest BCUT2D eigenvalue weighted by atomic mass is 10.2. The minimum absolute atomic E-state index is 0.372. The third kappa shape index (κ3) is 2.79. The van der Waals surface area contributed by atoms with E-state index in [0.29, 0.717) is 17.8 Å². The summed E-state index contributed by atoms with van der Waals surface area (Å²) >= 11 is 0. The first-order valence-corrected chi connectivity index (χ1v) is 6.91. The van der Waals surface area contributed by atoms with Gasteiger partial charge in [0.15, 0.2) is 0 Å². The molecule has 0 atom stereocenters. The van der Waals surface area contributed by atoms with Crippen molar-refractivity contribution in [3.05, 3.63) is 65.6 Å².